The van der Waals surface area contributed by atoms with Crippen LogP contribution in [0.4, 0.5) is 0 Å². The Kier molecular flexibility index (Phi) is 53.1. The SMILES string of the molecule is CCCCCCCCCCCCCCCCCCCCCCCCCCCCOc1cccc(OCCCCCCCCCCCCCCCCCCCCCCCCCCCC)c1CCC. The van der Waals surface area contributed by atoms with Crippen molar-refractivity contribution in [3.05, 3.63) is 23.8 Å². The molecule has 2 heteroatoms. The summed E-state index contributed by atoms with van der Waals surface area (Å²) < 4.78 is 12.7. The molecule has 1 rings (SSSR count). The molecule has 0 bridgehead atoms. The highest BCUT2D eigenvalue weighted by Crippen LogP contribution is 2.31. The van der Waals surface area contributed by atoms with Crippen LogP contribution in [0.2, 0.25) is 0 Å². The van der Waals surface area contributed by atoms with E-state index in [0.29, 0.717) is 0 Å². The van der Waals surface area contributed by atoms with E-state index in [1.807, 2.05) is 0 Å². The fraction of sp³-hybridized carbons (Fsp3) is 0.908. The van der Waals surface area contributed by atoms with Crippen LogP contribution in [0, 0.1) is 0 Å². The zero-order chi connectivity index (χ0) is 47.9. The summed E-state index contributed by atoms with van der Waals surface area (Å²) in [5.74, 6) is 2.12. The van der Waals surface area contributed by atoms with Crippen LogP contribution >= 0.6 is 0 Å². The molecule has 67 heavy (non-hydrogen) atoms. The number of benzene rings is 1. The van der Waals surface area contributed by atoms with Gasteiger partial charge in [0, 0.05) is 5.56 Å². The minimum atomic E-state index is 0.832. The van der Waals surface area contributed by atoms with Crippen molar-refractivity contribution in [2.24, 2.45) is 0 Å². The first-order valence-corrected chi connectivity index (χ1v) is 31.7. The lowest BCUT2D eigenvalue weighted by Gasteiger charge is -2.16. The van der Waals surface area contributed by atoms with Crippen LogP contribution in [-0.4, -0.2) is 13.2 Å². The van der Waals surface area contributed by atoms with Crippen LogP contribution in [-0.2, 0) is 6.42 Å². The third-order valence-electron chi connectivity index (χ3n) is 15.1. The molecule has 0 fully saturated rings. The van der Waals surface area contributed by atoms with E-state index in [2.05, 4.69) is 39.0 Å². The number of hydrogen-bond donors (Lipinski definition) is 0. The third-order valence-corrected chi connectivity index (χ3v) is 15.1. The van der Waals surface area contributed by atoms with Crippen molar-refractivity contribution in [2.45, 2.75) is 367 Å². The highest BCUT2D eigenvalue weighted by atomic mass is 16.5. The lowest BCUT2D eigenvalue weighted by Crippen LogP contribution is -2.04. The van der Waals surface area contributed by atoms with Crippen LogP contribution in [0.1, 0.15) is 367 Å². The minimum Gasteiger partial charge on any atom is -0.493 e. The summed E-state index contributed by atoms with van der Waals surface area (Å²) in [6, 6.07) is 6.46. The molecule has 0 atom stereocenters. The smallest absolute Gasteiger partial charge is 0.126 e. The zero-order valence-corrected chi connectivity index (χ0v) is 46.6. The molecule has 0 aromatic heterocycles. The number of rotatable bonds is 58. The molecular weight excluding hydrogens is 813 g/mol. The Morgan fingerprint density at radius 3 is 0.582 bits per heavy atom. The molecule has 0 N–H and O–H groups in total. The maximum absolute atomic E-state index is 6.37. The van der Waals surface area contributed by atoms with E-state index in [1.165, 1.54) is 327 Å². The summed E-state index contributed by atoms with van der Waals surface area (Å²) in [6.07, 6.45) is 76.8. The van der Waals surface area contributed by atoms with Gasteiger partial charge in [0.1, 0.15) is 11.5 Å². The van der Waals surface area contributed by atoms with Crippen molar-refractivity contribution in [1.82, 2.24) is 0 Å². The largest absolute Gasteiger partial charge is 0.493 e. The fourth-order valence-electron chi connectivity index (χ4n) is 10.5. The second kappa shape index (κ2) is 55.7. The van der Waals surface area contributed by atoms with Gasteiger partial charge < -0.3 is 9.47 Å². The molecule has 2 nitrogen and oxygen atoms in total. The van der Waals surface area contributed by atoms with E-state index in [9.17, 15) is 0 Å². The number of ether oxygens (including phenoxy) is 2. The van der Waals surface area contributed by atoms with E-state index >= 15 is 0 Å². The maximum Gasteiger partial charge on any atom is 0.126 e. The second-order valence-corrected chi connectivity index (χ2v) is 21.9. The van der Waals surface area contributed by atoms with Crippen LogP contribution in [0.5, 0.6) is 11.5 Å². The van der Waals surface area contributed by atoms with Gasteiger partial charge in [-0.15, -0.1) is 0 Å². The maximum atomic E-state index is 6.37. The van der Waals surface area contributed by atoms with Gasteiger partial charge in [-0.1, -0.05) is 354 Å². The molecule has 0 radical (unpaired) electrons. The van der Waals surface area contributed by atoms with Gasteiger partial charge in [0.2, 0.25) is 0 Å². The molecule has 0 heterocycles. The van der Waals surface area contributed by atoms with Crippen LogP contribution in [0.25, 0.3) is 0 Å². The minimum absolute atomic E-state index is 0.832. The first-order chi connectivity index (χ1) is 33.3. The molecule has 0 unspecified atom stereocenters. The van der Waals surface area contributed by atoms with Gasteiger partial charge in [0.05, 0.1) is 13.2 Å². The first kappa shape index (κ1) is 63.8. The van der Waals surface area contributed by atoms with E-state index in [-0.39, 0.29) is 0 Å². The molecule has 1 aromatic rings. The van der Waals surface area contributed by atoms with Crippen molar-refractivity contribution in [2.75, 3.05) is 13.2 Å². The van der Waals surface area contributed by atoms with E-state index in [4.69, 9.17) is 9.47 Å². The molecule has 0 saturated carbocycles. The van der Waals surface area contributed by atoms with E-state index in [0.717, 1.165) is 50.4 Å². The van der Waals surface area contributed by atoms with Gasteiger partial charge in [0.15, 0.2) is 0 Å². The Morgan fingerprint density at radius 1 is 0.224 bits per heavy atom. The average molecular weight is 938 g/mol. The highest BCUT2D eigenvalue weighted by molar-refractivity contribution is 5.45. The molecule has 0 spiro atoms. The summed E-state index contributed by atoms with van der Waals surface area (Å²) in [7, 11) is 0. The zero-order valence-electron chi connectivity index (χ0n) is 46.6. The molecule has 1 aromatic carbocycles. The third kappa shape index (κ3) is 46.9. The molecule has 0 aliphatic rings. The normalized spacial score (nSPS) is 11.6. The second-order valence-electron chi connectivity index (χ2n) is 21.9. The van der Waals surface area contributed by atoms with Crippen LogP contribution in [0.3, 0.4) is 0 Å². The quantitative estimate of drug-likeness (QED) is 0.0606. The predicted octanol–water partition coefficient (Wildman–Crippen LogP) is 23.7. The Hall–Kier alpha value is -1.18. The summed E-state index contributed by atoms with van der Waals surface area (Å²) >= 11 is 0. The van der Waals surface area contributed by atoms with E-state index in [1.54, 1.807) is 0 Å². The van der Waals surface area contributed by atoms with Crippen molar-refractivity contribution >= 4 is 0 Å². The molecular formula is C65H124O2. The Labute approximate surface area is 423 Å². The molecule has 0 amide bonds. The van der Waals surface area contributed by atoms with Crippen molar-refractivity contribution in [3.63, 3.8) is 0 Å². The molecule has 0 aliphatic heterocycles. The lowest BCUT2D eigenvalue weighted by atomic mass is 10.0. The Morgan fingerprint density at radius 2 is 0.403 bits per heavy atom. The average Bonchev–Trinajstić information content (AvgIpc) is 3.34. The standard InChI is InChI=1S/C65H124O2/c1-4-7-9-11-13-15-17-19-21-23-25-27-29-31-33-35-37-39-41-43-45-47-49-51-53-55-61-66-64-59-57-60-65(63(64)58-6-3)67-62-56-54-52-50-48-46-44-42-40-38-36-34-32-30-28-26-24-22-20-18-16-14-12-10-8-5-2/h57,59-60H,4-56,58,61-62H2,1-3H3. The number of hydrogen-bond acceptors (Lipinski definition) is 2. The van der Waals surface area contributed by atoms with Gasteiger partial charge >= 0.3 is 0 Å². The van der Waals surface area contributed by atoms with Gasteiger partial charge in [0.25, 0.3) is 0 Å². The predicted molar refractivity (Wildman–Crippen MR) is 303 cm³/mol. The Balaban J connectivity index is 1.87. The van der Waals surface area contributed by atoms with Gasteiger partial charge in [-0.05, 0) is 31.4 Å². The summed E-state index contributed by atoms with van der Waals surface area (Å²) in [6.45, 7) is 8.55. The fourth-order valence-corrected chi connectivity index (χ4v) is 10.5. The van der Waals surface area contributed by atoms with Crippen LogP contribution in [0.15, 0.2) is 18.2 Å². The van der Waals surface area contributed by atoms with E-state index < -0.39 is 0 Å². The van der Waals surface area contributed by atoms with Gasteiger partial charge in [-0.25, -0.2) is 0 Å². The van der Waals surface area contributed by atoms with Crippen LogP contribution < -0.4 is 9.47 Å². The summed E-state index contributed by atoms with van der Waals surface area (Å²) in [5.41, 5.74) is 1.29. The topological polar surface area (TPSA) is 18.5 Å². The Bertz CT molecular complexity index is 973. The van der Waals surface area contributed by atoms with Crippen molar-refractivity contribution in [1.29, 1.82) is 0 Å². The van der Waals surface area contributed by atoms with Gasteiger partial charge in [-0.2, -0.15) is 0 Å². The first-order valence-electron chi connectivity index (χ1n) is 31.7. The van der Waals surface area contributed by atoms with Crippen molar-refractivity contribution < 1.29 is 9.47 Å². The number of unbranched alkanes of at least 4 members (excludes halogenated alkanes) is 50. The summed E-state index contributed by atoms with van der Waals surface area (Å²) in [4.78, 5) is 0. The molecule has 0 aliphatic carbocycles. The lowest BCUT2D eigenvalue weighted by molar-refractivity contribution is 0.284. The molecule has 396 valence electrons. The monoisotopic (exact) mass is 937 g/mol. The molecule has 0 saturated heterocycles. The van der Waals surface area contributed by atoms with Gasteiger partial charge in [-0.3, -0.25) is 0 Å². The summed E-state index contributed by atoms with van der Waals surface area (Å²) in [5, 5.41) is 0. The van der Waals surface area contributed by atoms with Crippen molar-refractivity contribution in [3.8, 4) is 11.5 Å². The highest BCUT2D eigenvalue weighted by Gasteiger charge is 2.11.